The molecule has 0 spiro atoms. The van der Waals surface area contributed by atoms with Gasteiger partial charge in [-0.25, -0.2) is 4.98 Å². The average Bonchev–Trinajstić information content (AvgIpc) is 3.63. The molecule has 6 aromatic carbocycles. The van der Waals surface area contributed by atoms with Gasteiger partial charge in [-0.3, -0.25) is 0 Å². The van der Waals surface area contributed by atoms with Crippen molar-refractivity contribution in [2.24, 2.45) is 0 Å². The molecule has 0 aliphatic rings. The molecule has 0 N–H and O–H groups in total. The minimum absolute atomic E-state index is 0.842. The number of benzene rings is 6. The summed E-state index contributed by atoms with van der Waals surface area (Å²) in [5, 5.41) is 6.73. The summed E-state index contributed by atoms with van der Waals surface area (Å²) in [4.78, 5) is 5.10. The van der Waals surface area contributed by atoms with E-state index in [2.05, 4.69) is 91.0 Å². The molecule has 0 radical (unpaired) electrons. The highest BCUT2D eigenvalue weighted by molar-refractivity contribution is 6.32. The van der Waals surface area contributed by atoms with Gasteiger partial charge in [0.2, 0.25) is 0 Å². The largest absolute Gasteiger partial charge is 0.456 e. The number of pyridine rings is 1. The molecule has 196 valence electrons. The molecule has 0 saturated carbocycles. The minimum atomic E-state index is 0.842. The predicted octanol–water partition coefficient (Wildman–Crippen LogP) is 11.0. The third-order valence-corrected chi connectivity index (χ3v) is 8.25. The number of furan rings is 2. The van der Waals surface area contributed by atoms with Gasteiger partial charge in [-0.05, 0) is 46.7 Å². The number of rotatable bonds is 3. The fourth-order valence-electron chi connectivity index (χ4n) is 6.33. The quantitative estimate of drug-likeness (QED) is 0.225. The Morgan fingerprint density at radius 2 is 1.05 bits per heavy atom. The maximum absolute atomic E-state index is 6.71. The van der Waals surface area contributed by atoms with E-state index in [9.17, 15) is 0 Å². The summed E-state index contributed by atoms with van der Waals surface area (Å²) in [6.45, 7) is 0. The summed E-state index contributed by atoms with van der Waals surface area (Å²) in [7, 11) is 0. The van der Waals surface area contributed by atoms with Crippen LogP contribution in [0.25, 0.3) is 88.3 Å². The minimum Gasteiger partial charge on any atom is -0.456 e. The van der Waals surface area contributed by atoms with Gasteiger partial charge in [0, 0.05) is 38.2 Å². The van der Waals surface area contributed by atoms with E-state index in [0.29, 0.717) is 0 Å². The molecule has 9 rings (SSSR count). The number of hydrogen-bond acceptors (Lipinski definition) is 3. The summed E-state index contributed by atoms with van der Waals surface area (Å²) < 4.78 is 13.3. The molecular weight excluding hydrogens is 514 g/mol. The number of fused-ring (bicyclic) bond motifs is 9. The fourth-order valence-corrected chi connectivity index (χ4v) is 6.33. The van der Waals surface area contributed by atoms with Crippen molar-refractivity contribution in [3.63, 3.8) is 0 Å². The van der Waals surface area contributed by atoms with Gasteiger partial charge in [-0.15, -0.1) is 0 Å². The third-order valence-electron chi connectivity index (χ3n) is 8.25. The van der Waals surface area contributed by atoms with Gasteiger partial charge < -0.3 is 8.83 Å². The predicted molar refractivity (Wildman–Crippen MR) is 173 cm³/mol. The Bertz CT molecular complexity index is 2390. The molecule has 42 heavy (non-hydrogen) atoms. The first-order valence-corrected chi connectivity index (χ1v) is 14.1. The Balaban J connectivity index is 1.43. The molecule has 3 aromatic heterocycles. The first kappa shape index (κ1) is 23.1. The lowest BCUT2D eigenvalue weighted by atomic mass is 9.95. The highest BCUT2D eigenvalue weighted by atomic mass is 16.3. The molecule has 0 unspecified atom stereocenters. The molecule has 3 heterocycles. The van der Waals surface area contributed by atoms with Gasteiger partial charge in [0.1, 0.15) is 22.3 Å². The Morgan fingerprint density at radius 3 is 1.79 bits per heavy atom. The molecule has 9 aromatic rings. The molecule has 3 nitrogen and oxygen atoms in total. The van der Waals surface area contributed by atoms with E-state index in [1.807, 2.05) is 48.5 Å². The Kier molecular flexibility index (Phi) is 4.90. The summed E-state index contributed by atoms with van der Waals surface area (Å²) in [6, 6.07) is 48.1. The monoisotopic (exact) mass is 537 g/mol. The van der Waals surface area contributed by atoms with Crippen LogP contribution in [0.3, 0.4) is 0 Å². The first-order valence-electron chi connectivity index (χ1n) is 14.1. The number of para-hydroxylation sites is 1. The van der Waals surface area contributed by atoms with Crippen LogP contribution in [-0.2, 0) is 0 Å². The van der Waals surface area contributed by atoms with E-state index in [0.717, 1.165) is 77.5 Å². The van der Waals surface area contributed by atoms with Crippen molar-refractivity contribution in [1.82, 2.24) is 4.98 Å². The number of hydrogen-bond donors (Lipinski definition) is 0. The highest BCUT2D eigenvalue weighted by Gasteiger charge is 2.22. The smallest absolute Gasteiger partial charge is 0.144 e. The number of aromatic nitrogens is 1. The van der Waals surface area contributed by atoms with Crippen molar-refractivity contribution in [3.05, 3.63) is 140 Å². The zero-order valence-electron chi connectivity index (χ0n) is 22.5. The van der Waals surface area contributed by atoms with Crippen LogP contribution in [0.1, 0.15) is 0 Å². The van der Waals surface area contributed by atoms with E-state index in [1.165, 1.54) is 10.8 Å². The van der Waals surface area contributed by atoms with Crippen molar-refractivity contribution in [2.75, 3.05) is 0 Å². The second kappa shape index (κ2) is 8.92. The molecule has 0 bridgehead atoms. The van der Waals surface area contributed by atoms with Gasteiger partial charge >= 0.3 is 0 Å². The maximum atomic E-state index is 6.71. The lowest BCUT2D eigenvalue weighted by molar-refractivity contribution is 0.664. The molecule has 0 fully saturated rings. The second-order valence-electron chi connectivity index (χ2n) is 10.7. The van der Waals surface area contributed by atoms with E-state index in [4.69, 9.17) is 13.8 Å². The van der Waals surface area contributed by atoms with Crippen molar-refractivity contribution in [2.45, 2.75) is 0 Å². The highest BCUT2D eigenvalue weighted by Crippen LogP contribution is 2.46. The van der Waals surface area contributed by atoms with Gasteiger partial charge in [0.15, 0.2) is 0 Å². The normalized spacial score (nSPS) is 11.8. The van der Waals surface area contributed by atoms with Crippen molar-refractivity contribution in [3.8, 4) is 33.6 Å². The average molecular weight is 538 g/mol. The van der Waals surface area contributed by atoms with Crippen LogP contribution in [0.4, 0.5) is 0 Å². The molecule has 3 heteroatoms. The van der Waals surface area contributed by atoms with E-state index >= 15 is 0 Å². The van der Waals surface area contributed by atoms with Crippen LogP contribution < -0.4 is 0 Å². The SMILES string of the molecule is c1ccc(-c2cc(-c3cc4oc5ccc6ccccc6c5c4c4c3oc3ccccc34)cc(-c3ccccc3)n2)cc1. The van der Waals surface area contributed by atoms with E-state index < -0.39 is 0 Å². The molecule has 0 saturated heterocycles. The molecule has 0 aliphatic carbocycles. The van der Waals surface area contributed by atoms with Crippen LogP contribution >= 0.6 is 0 Å². The van der Waals surface area contributed by atoms with Gasteiger partial charge in [-0.2, -0.15) is 0 Å². The first-order chi connectivity index (χ1) is 20.8. The maximum Gasteiger partial charge on any atom is 0.144 e. The second-order valence-corrected chi connectivity index (χ2v) is 10.7. The number of nitrogens with zero attached hydrogens (tertiary/aromatic N) is 1. The summed E-state index contributed by atoms with van der Waals surface area (Å²) in [6.07, 6.45) is 0. The Labute approximate surface area is 241 Å². The van der Waals surface area contributed by atoms with Gasteiger partial charge in [0.25, 0.3) is 0 Å². The lowest BCUT2D eigenvalue weighted by Gasteiger charge is -2.11. The summed E-state index contributed by atoms with van der Waals surface area (Å²) in [5.74, 6) is 0. The van der Waals surface area contributed by atoms with Crippen molar-refractivity contribution >= 4 is 54.6 Å². The lowest BCUT2D eigenvalue weighted by Crippen LogP contribution is -1.91. The van der Waals surface area contributed by atoms with Crippen LogP contribution in [-0.4, -0.2) is 4.98 Å². The van der Waals surface area contributed by atoms with E-state index in [-0.39, 0.29) is 0 Å². The molecule has 0 aliphatic heterocycles. The van der Waals surface area contributed by atoms with Crippen LogP contribution in [0.2, 0.25) is 0 Å². The summed E-state index contributed by atoms with van der Waals surface area (Å²) >= 11 is 0. The Hall–Kier alpha value is -5.67. The van der Waals surface area contributed by atoms with E-state index in [1.54, 1.807) is 0 Å². The van der Waals surface area contributed by atoms with Crippen LogP contribution in [0.15, 0.2) is 148 Å². The molecular formula is C39H23NO2. The van der Waals surface area contributed by atoms with Crippen LogP contribution in [0.5, 0.6) is 0 Å². The topological polar surface area (TPSA) is 39.2 Å². The fraction of sp³-hybridized carbons (Fsp3) is 0. The van der Waals surface area contributed by atoms with Crippen molar-refractivity contribution in [1.29, 1.82) is 0 Å². The van der Waals surface area contributed by atoms with Crippen molar-refractivity contribution < 1.29 is 8.83 Å². The summed E-state index contributed by atoms with van der Waals surface area (Å²) in [5.41, 5.74) is 9.38. The standard InChI is InChI=1S/C39H23NO2/c1-3-12-25(13-4-1)31-21-27(22-32(40-31)26-14-5-2-6-15-26)30-23-35-38(37-29-17-9-10-18-33(29)42-39(30)37)36-28-16-8-7-11-24(28)19-20-34(36)41-35/h1-23H. The molecule has 0 atom stereocenters. The molecule has 0 amide bonds. The third kappa shape index (κ3) is 3.44. The van der Waals surface area contributed by atoms with Gasteiger partial charge in [0.05, 0.1) is 11.4 Å². The zero-order valence-corrected chi connectivity index (χ0v) is 22.5. The van der Waals surface area contributed by atoms with Crippen LogP contribution in [0, 0.1) is 0 Å². The van der Waals surface area contributed by atoms with Gasteiger partial charge in [-0.1, -0.05) is 109 Å². The zero-order chi connectivity index (χ0) is 27.6. The Morgan fingerprint density at radius 1 is 0.405 bits per heavy atom.